The third kappa shape index (κ3) is 4.50. The van der Waals surface area contributed by atoms with Gasteiger partial charge in [0.1, 0.15) is 0 Å². The van der Waals surface area contributed by atoms with Gasteiger partial charge >= 0.3 is 0 Å². The summed E-state index contributed by atoms with van der Waals surface area (Å²) in [6, 6.07) is 16.3. The highest BCUT2D eigenvalue weighted by Crippen LogP contribution is 2.25. The molecule has 1 saturated heterocycles. The first-order chi connectivity index (χ1) is 14.4. The van der Waals surface area contributed by atoms with Gasteiger partial charge in [-0.2, -0.15) is 4.31 Å². The summed E-state index contributed by atoms with van der Waals surface area (Å²) in [4.78, 5) is 17.2. The lowest BCUT2D eigenvalue weighted by atomic mass is 10.1. The lowest BCUT2D eigenvalue weighted by molar-refractivity contribution is -0.113. The number of aromatic nitrogens is 1. The fraction of sp³-hybridized carbons (Fsp3) is 0.273. The average Bonchev–Trinajstić information content (AvgIpc) is 3.29. The number of thioether (sulfide) groups is 1. The molecule has 0 spiro atoms. The van der Waals surface area contributed by atoms with Gasteiger partial charge in [-0.1, -0.05) is 30.0 Å². The molecule has 2 aromatic carbocycles. The number of nitrogens with zero attached hydrogens (tertiary/aromatic N) is 2. The normalized spacial score (nSPS) is 14.8. The second kappa shape index (κ2) is 8.75. The number of amides is 1. The molecule has 0 radical (unpaired) electrons. The quantitative estimate of drug-likeness (QED) is 0.584. The maximum Gasteiger partial charge on any atom is 0.243 e. The van der Waals surface area contributed by atoms with Crippen molar-refractivity contribution in [2.75, 3.05) is 24.2 Å². The van der Waals surface area contributed by atoms with Crippen molar-refractivity contribution >= 4 is 44.3 Å². The van der Waals surface area contributed by atoms with E-state index in [1.807, 2.05) is 37.3 Å². The van der Waals surface area contributed by atoms with Crippen molar-refractivity contribution in [2.24, 2.45) is 0 Å². The van der Waals surface area contributed by atoms with Gasteiger partial charge in [-0.05, 0) is 61.7 Å². The highest BCUT2D eigenvalue weighted by Gasteiger charge is 2.26. The molecule has 0 bridgehead atoms. The van der Waals surface area contributed by atoms with Crippen molar-refractivity contribution in [3.8, 4) is 0 Å². The number of fused-ring (bicyclic) bond motifs is 1. The van der Waals surface area contributed by atoms with Gasteiger partial charge in [-0.3, -0.25) is 4.79 Å². The molecule has 1 N–H and O–H groups in total. The number of rotatable bonds is 6. The number of pyridine rings is 1. The fourth-order valence-corrected chi connectivity index (χ4v) is 5.81. The SMILES string of the molecule is Cc1cc(SCC(=O)Nc2ccc(S(=O)(=O)N3CCCC3)cc2)nc2ccccc12. The number of carbonyl (C=O) groups excluding carboxylic acids is 1. The van der Waals surface area contributed by atoms with E-state index in [9.17, 15) is 13.2 Å². The van der Waals surface area contributed by atoms with Crippen LogP contribution in [0.5, 0.6) is 0 Å². The van der Waals surface area contributed by atoms with Crippen molar-refractivity contribution < 1.29 is 13.2 Å². The molecule has 1 amide bonds. The summed E-state index contributed by atoms with van der Waals surface area (Å²) in [5, 5.41) is 4.72. The molecule has 4 rings (SSSR count). The van der Waals surface area contributed by atoms with Gasteiger partial charge in [0.25, 0.3) is 0 Å². The first-order valence-corrected chi connectivity index (χ1v) is 12.3. The molecule has 6 nitrogen and oxygen atoms in total. The van der Waals surface area contributed by atoms with Crippen molar-refractivity contribution in [3.05, 3.63) is 60.2 Å². The number of hydrogen-bond acceptors (Lipinski definition) is 5. The molecular weight excluding hydrogens is 418 g/mol. The van der Waals surface area contributed by atoms with E-state index >= 15 is 0 Å². The predicted octanol–water partition coefficient (Wildman–Crippen LogP) is 4.06. The second-order valence-electron chi connectivity index (χ2n) is 7.27. The van der Waals surface area contributed by atoms with E-state index in [1.54, 1.807) is 24.3 Å². The third-order valence-corrected chi connectivity index (χ3v) is 7.92. The zero-order valence-electron chi connectivity index (χ0n) is 16.7. The number of anilines is 1. The standard InChI is InChI=1S/C22H23N3O3S2/c1-16-14-22(24-20-7-3-2-6-19(16)20)29-15-21(26)23-17-8-10-18(11-9-17)30(27,28)25-12-4-5-13-25/h2-3,6-11,14H,4-5,12-13,15H2,1H3,(H,23,26). The molecule has 0 atom stereocenters. The van der Waals surface area contributed by atoms with E-state index in [4.69, 9.17) is 0 Å². The Kier molecular flexibility index (Phi) is 6.08. The van der Waals surface area contributed by atoms with Crippen LogP contribution in [0, 0.1) is 6.92 Å². The first kappa shape index (κ1) is 20.8. The molecule has 156 valence electrons. The minimum Gasteiger partial charge on any atom is -0.325 e. The second-order valence-corrected chi connectivity index (χ2v) is 10.2. The van der Waals surface area contributed by atoms with Gasteiger partial charge in [0.05, 0.1) is 21.2 Å². The van der Waals surface area contributed by atoms with E-state index in [2.05, 4.69) is 10.3 Å². The Labute approximate surface area is 180 Å². The topological polar surface area (TPSA) is 79.4 Å². The van der Waals surface area contributed by atoms with Crippen molar-refractivity contribution in [1.82, 2.24) is 9.29 Å². The number of benzene rings is 2. The van der Waals surface area contributed by atoms with Gasteiger partial charge in [0, 0.05) is 24.2 Å². The molecule has 0 saturated carbocycles. The van der Waals surface area contributed by atoms with Crippen LogP contribution >= 0.6 is 11.8 Å². The van der Waals surface area contributed by atoms with Crippen LogP contribution < -0.4 is 5.32 Å². The molecular formula is C22H23N3O3S2. The molecule has 2 heterocycles. The molecule has 1 fully saturated rings. The van der Waals surface area contributed by atoms with Crippen LogP contribution in [0.3, 0.4) is 0 Å². The van der Waals surface area contributed by atoms with Crippen molar-refractivity contribution in [1.29, 1.82) is 0 Å². The summed E-state index contributed by atoms with van der Waals surface area (Å²) in [5.41, 5.74) is 2.61. The predicted molar refractivity (Wildman–Crippen MR) is 120 cm³/mol. The Bertz CT molecular complexity index is 1170. The van der Waals surface area contributed by atoms with Crippen LogP contribution in [-0.2, 0) is 14.8 Å². The summed E-state index contributed by atoms with van der Waals surface area (Å²) in [6.07, 6.45) is 1.80. The average molecular weight is 442 g/mol. The van der Waals surface area contributed by atoms with Gasteiger partial charge < -0.3 is 5.32 Å². The van der Waals surface area contributed by atoms with Gasteiger partial charge in [-0.25, -0.2) is 13.4 Å². The Hall–Kier alpha value is -2.42. The highest BCUT2D eigenvalue weighted by atomic mass is 32.2. The molecule has 1 aliphatic heterocycles. The molecule has 8 heteroatoms. The molecule has 0 unspecified atom stereocenters. The first-order valence-electron chi connectivity index (χ1n) is 9.83. The Morgan fingerprint density at radius 3 is 2.53 bits per heavy atom. The third-order valence-electron chi connectivity index (χ3n) is 5.09. The summed E-state index contributed by atoms with van der Waals surface area (Å²) >= 11 is 1.38. The van der Waals surface area contributed by atoms with Gasteiger partial charge in [-0.15, -0.1) is 0 Å². The molecule has 1 aromatic heterocycles. The number of carbonyl (C=O) groups is 1. The fourth-order valence-electron chi connectivity index (χ4n) is 3.52. The van der Waals surface area contributed by atoms with E-state index < -0.39 is 10.0 Å². The molecule has 3 aromatic rings. The molecule has 1 aliphatic rings. The number of nitrogens with one attached hydrogen (secondary N) is 1. The molecule has 0 aliphatic carbocycles. The van der Waals surface area contributed by atoms with E-state index in [0.29, 0.717) is 18.8 Å². The minimum atomic E-state index is -3.44. The summed E-state index contributed by atoms with van der Waals surface area (Å²) in [5.74, 6) is 0.0567. The van der Waals surface area contributed by atoms with Crippen LogP contribution in [0.4, 0.5) is 5.69 Å². The zero-order chi connectivity index (χ0) is 21.1. The van der Waals surface area contributed by atoms with E-state index in [1.165, 1.54) is 16.1 Å². The number of sulfonamides is 1. The lowest BCUT2D eigenvalue weighted by Crippen LogP contribution is -2.27. The van der Waals surface area contributed by atoms with Crippen LogP contribution in [0.1, 0.15) is 18.4 Å². The summed E-state index contributed by atoms with van der Waals surface area (Å²) < 4.78 is 26.7. The van der Waals surface area contributed by atoms with Crippen molar-refractivity contribution in [2.45, 2.75) is 29.7 Å². The lowest BCUT2D eigenvalue weighted by Gasteiger charge is -2.15. The van der Waals surface area contributed by atoms with E-state index in [-0.39, 0.29) is 16.6 Å². The van der Waals surface area contributed by atoms with Gasteiger partial charge in [0.15, 0.2) is 0 Å². The largest absolute Gasteiger partial charge is 0.325 e. The van der Waals surface area contributed by atoms with Gasteiger partial charge in [0.2, 0.25) is 15.9 Å². The number of aryl methyl sites for hydroxylation is 1. The Morgan fingerprint density at radius 2 is 1.80 bits per heavy atom. The maximum absolute atomic E-state index is 12.6. The number of para-hydroxylation sites is 1. The Balaban J connectivity index is 1.37. The zero-order valence-corrected chi connectivity index (χ0v) is 18.3. The Morgan fingerprint density at radius 1 is 1.10 bits per heavy atom. The smallest absolute Gasteiger partial charge is 0.243 e. The van der Waals surface area contributed by atoms with Crippen LogP contribution in [0.25, 0.3) is 10.9 Å². The number of hydrogen-bond donors (Lipinski definition) is 1. The van der Waals surface area contributed by atoms with Crippen LogP contribution in [-0.4, -0.2) is 42.5 Å². The van der Waals surface area contributed by atoms with Crippen LogP contribution in [0.2, 0.25) is 0 Å². The summed E-state index contributed by atoms with van der Waals surface area (Å²) in [6.45, 7) is 3.17. The summed E-state index contributed by atoms with van der Waals surface area (Å²) in [7, 11) is -3.44. The van der Waals surface area contributed by atoms with E-state index in [0.717, 1.165) is 34.3 Å². The maximum atomic E-state index is 12.6. The van der Waals surface area contributed by atoms with Crippen LogP contribution in [0.15, 0.2) is 64.5 Å². The highest BCUT2D eigenvalue weighted by molar-refractivity contribution is 7.99. The molecule has 30 heavy (non-hydrogen) atoms. The minimum absolute atomic E-state index is 0.164. The monoisotopic (exact) mass is 441 g/mol. The van der Waals surface area contributed by atoms with Crippen molar-refractivity contribution in [3.63, 3.8) is 0 Å².